The minimum atomic E-state index is -5.63. The third-order valence-electron chi connectivity index (χ3n) is 9.23. The number of phenols is 2. The lowest BCUT2D eigenvalue weighted by atomic mass is 9.54. The first-order valence-electron chi connectivity index (χ1n) is 15.6. The first-order valence-corrected chi connectivity index (χ1v) is 15.6. The van der Waals surface area contributed by atoms with Gasteiger partial charge >= 0.3 is 18.1 Å². The Morgan fingerprint density at radius 3 is 1.91 bits per heavy atom. The van der Waals surface area contributed by atoms with Crippen molar-refractivity contribution in [2.45, 2.75) is 121 Å². The minimum absolute atomic E-state index is 0.0132. The van der Waals surface area contributed by atoms with Crippen molar-refractivity contribution in [3.05, 3.63) is 53.6 Å². The largest absolute Gasteiger partial charge is 0.508 e. The monoisotopic (exact) mass is 628 g/mol. The van der Waals surface area contributed by atoms with Gasteiger partial charge in [-0.15, -0.1) is 0 Å². The van der Waals surface area contributed by atoms with Crippen molar-refractivity contribution in [3.63, 3.8) is 0 Å². The standard InChI is InChI=1S/C34H45F5O5/c1-3-4-5-6-7-8-10-19-32(30(42)43,20-11-9-12-21-33(35,36)34(37,38)39)29-27-18-17-26(41)22-28(27)44-23-31(29,2)24-13-15-25(40)16-14-24/h13-18,22,29,40-41H,3-12,19-21,23H2,1-2H3,(H,42,43). The van der Waals surface area contributed by atoms with Gasteiger partial charge in [0.05, 0.1) is 12.0 Å². The van der Waals surface area contributed by atoms with E-state index in [0.29, 0.717) is 17.7 Å². The highest BCUT2D eigenvalue weighted by Gasteiger charge is 2.58. The van der Waals surface area contributed by atoms with E-state index in [1.54, 1.807) is 18.2 Å². The fourth-order valence-corrected chi connectivity index (χ4v) is 6.79. The highest BCUT2D eigenvalue weighted by atomic mass is 19.4. The number of unbranched alkanes of at least 4 members (excludes halogenated alkanes) is 8. The first kappa shape index (κ1) is 35.4. The lowest BCUT2D eigenvalue weighted by molar-refractivity contribution is -0.284. The number of aliphatic carboxylic acids is 1. The van der Waals surface area contributed by atoms with E-state index in [1.807, 2.05) is 6.92 Å². The molecular formula is C34H45F5O5. The molecule has 44 heavy (non-hydrogen) atoms. The Labute approximate surface area is 256 Å². The molecule has 5 nitrogen and oxygen atoms in total. The molecule has 0 spiro atoms. The topological polar surface area (TPSA) is 87.0 Å². The van der Waals surface area contributed by atoms with E-state index in [1.165, 1.54) is 24.3 Å². The lowest BCUT2D eigenvalue weighted by Gasteiger charge is -2.51. The summed E-state index contributed by atoms with van der Waals surface area (Å²) in [4.78, 5) is 13.5. The number of aromatic hydroxyl groups is 2. The Morgan fingerprint density at radius 2 is 1.34 bits per heavy atom. The molecule has 0 saturated heterocycles. The fourth-order valence-electron chi connectivity index (χ4n) is 6.79. The Kier molecular flexibility index (Phi) is 11.9. The molecule has 1 heterocycles. The van der Waals surface area contributed by atoms with Gasteiger partial charge < -0.3 is 20.1 Å². The van der Waals surface area contributed by atoms with Crippen LogP contribution in [-0.4, -0.2) is 40.0 Å². The number of hydrogen-bond acceptors (Lipinski definition) is 4. The molecule has 10 heteroatoms. The van der Waals surface area contributed by atoms with Gasteiger partial charge in [0, 0.05) is 23.8 Å². The van der Waals surface area contributed by atoms with Gasteiger partial charge in [0.25, 0.3) is 0 Å². The Morgan fingerprint density at radius 1 is 0.818 bits per heavy atom. The van der Waals surface area contributed by atoms with E-state index in [4.69, 9.17) is 4.74 Å². The van der Waals surface area contributed by atoms with E-state index in [0.717, 1.165) is 44.1 Å². The van der Waals surface area contributed by atoms with Crippen LogP contribution in [0.1, 0.15) is 114 Å². The van der Waals surface area contributed by atoms with E-state index >= 15 is 0 Å². The number of benzene rings is 2. The van der Waals surface area contributed by atoms with Crippen molar-refractivity contribution in [2.24, 2.45) is 5.41 Å². The number of carbonyl (C=O) groups is 1. The number of ether oxygens (including phenoxy) is 1. The van der Waals surface area contributed by atoms with E-state index in [2.05, 4.69) is 6.92 Å². The molecule has 246 valence electrons. The van der Waals surface area contributed by atoms with Gasteiger partial charge in [0.15, 0.2) is 0 Å². The summed E-state index contributed by atoms with van der Waals surface area (Å²) in [6.07, 6.45) is -0.174. The number of halogens is 5. The third-order valence-corrected chi connectivity index (χ3v) is 9.23. The predicted octanol–water partition coefficient (Wildman–Crippen LogP) is 9.89. The Hall–Kier alpha value is -3.04. The summed E-state index contributed by atoms with van der Waals surface area (Å²) >= 11 is 0. The molecule has 0 aliphatic carbocycles. The summed E-state index contributed by atoms with van der Waals surface area (Å²) in [7, 11) is 0. The molecular weight excluding hydrogens is 583 g/mol. The van der Waals surface area contributed by atoms with E-state index < -0.39 is 47.7 Å². The SMILES string of the molecule is CCCCCCCCCC(CCCCCC(F)(F)C(F)(F)F)(C(=O)O)C1c2ccc(O)cc2OCC1(C)c1ccc(O)cc1. The van der Waals surface area contributed by atoms with Crippen molar-refractivity contribution in [2.75, 3.05) is 6.61 Å². The molecule has 3 atom stereocenters. The maximum absolute atomic E-state index is 13.6. The summed E-state index contributed by atoms with van der Waals surface area (Å²) in [5, 5.41) is 31.2. The van der Waals surface area contributed by atoms with Crippen molar-refractivity contribution < 1.29 is 46.8 Å². The molecule has 3 rings (SSSR count). The summed E-state index contributed by atoms with van der Waals surface area (Å²) in [5.41, 5.74) is -1.02. The molecule has 0 bridgehead atoms. The molecule has 3 unspecified atom stereocenters. The summed E-state index contributed by atoms with van der Waals surface area (Å²) in [6.45, 7) is 4.09. The quantitative estimate of drug-likeness (QED) is 0.120. The average Bonchev–Trinajstić information content (AvgIpc) is 2.95. The summed E-state index contributed by atoms with van der Waals surface area (Å²) in [6, 6.07) is 11.0. The normalized spacial score (nSPS) is 20.0. The van der Waals surface area contributed by atoms with E-state index in [9.17, 15) is 42.1 Å². The number of phenolic OH excluding ortho intramolecular Hbond substituents is 2. The van der Waals surface area contributed by atoms with Crippen LogP contribution < -0.4 is 4.74 Å². The molecule has 2 aromatic rings. The summed E-state index contributed by atoms with van der Waals surface area (Å²) in [5.74, 6) is -6.22. The second-order valence-corrected chi connectivity index (χ2v) is 12.5. The first-order chi connectivity index (χ1) is 20.7. The van der Waals surface area contributed by atoms with Crippen LogP contribution in [-0.2, 0) is 10.2 Å². The van der Waals surface area contributed by atoms with Crippen LogP contribution in [0.2, 0.25) is 0 Å². The van der Waals surface area contributed by atoms with Crippen LogP contribution in [0.5, 0.6) is 17.2 Å². The highest BCUT2D eigenvalue weighted by Crippen LogP contribution is 2.59. The maximum Gasteiger partial charge on any atom is 0.453 e. The molecule has 0 radical (unpaired) electrons. The van der Waals surface area contributed by atoms with Crippen LogP contribution in [0, 0.1) is 5.41 Å². The lowest BCUT2D eigenvalue weighted by Crippen LogP contribution is -2.51. The molecule has 0 fully saturated rings. The van der Waals surface area contributed by atoms with Gasteiger partial charge in [-0.3, -0.25) is 4.79 Å². The van der Waals surface area contributed by atoms with Crippen LogP contribution in [0.3, 0.4) is 0 Å². The third kappa shape index (κ3) is 8.16. The fraction of sp³-hybridized carbons (Fsp3) is 0.618. The van der Waals surface area contributed by atoms with Crippen LogP contribution >= 0.6 is 0 Å². The molecule has 2 aromatic carbocycles. The zero-order valence-corrected chi connectivity index (χ0v) is 25.6. The van der Waals surface area contributed by atoms with Gasteiger partial charge in [-0.25, -0.2) is 0 Å². The van der Waals surface area contributed by atoms with Gasteiger partial charge in [-0.2, -0.15) is 22.0 Å². The second kappa shape index (κ2) is 14.8. The van der Waals surface area contributed by atoms with Gasteiger partial charge in [-0.1, -0.05) is 89.8 Å². The zero-order valence-electron chi connectivity index (χ0n) is 25.6. The Balaban J connectivity index is 2.00. The molecule has 0 amide bonds. The molecule has 1 aliphatic heterocycles. The number of hydrogen-bond donors (Lipinski definition) is 3. The predicted molar refractivity (Wildman–Crippen MR) is 159 cm³/mol. The smallest absolute Gasteiger partial charge is 0.453 e. The van der Waals surface area contributed by atoms with Crippen LogP contribution in [0.15, 0.2) is 42.5 Å². The molecule has 0 aromatic heterocycles. The summed E-state index contributed by atoms with van der Waals surface area (Å²) < 4.78 is 71.4. The van der Waals surface area contributed by atoms with Gasteiger partial charge in [-0.05, 0) is 48.6 Å². The van der Waals surface area contributed by atoms with E-state index in [-0.39, 0.29) is 43.8 Å². The molecule has 1 aliphatic rings. The number of carboxylic acid groups (broad SMARTS) is 1. The van der Waals surface area contributed by atoms with Gasteiger partial charge in [0.1, 0.15) is 17.2 Å². The minimum Gasteiger partial charge on any atom is -0.508 e. The van der Waals surface area contributed by atoms with Crippen molar-refractivity contribution in [1.29, 1.82) is 0 Å². The number of carboxylic acids is 1. The van der Waals surface area contributed by atoms with Crippen molar-refractivity contribution >= 4 is 5.97 Å². The zero-order chi connectivity index (χ0) is 32.6. The molecule has 0 saturated carbocycles. The molecule has 3 N–H and O–H groups in total. The Bertz CT molecular complexity index is 1220. The number of fused-ring (bicyclic) bond motifs is 1. The van der Waals surface area contributed by atoms with Crippen molar-refractivity contribution in [3.8, 4) is 17.2 Å². The van der Waals surface area contributed by atoms with Gasteiger partial charge in [0.2, 0.25) is 0 Å². The average molecular weight is 629 g/mol. The number of alkyl halides is 5. The van der Waals surface area contributed by atoms with Crippen LogP contribution in [0.25, 0.3) is 0 Å². The van der Waals surface area contributed by atoms with Crippen molar-refractivity contribution in [1.82, 2.24) is 0 Å². The number of rotatable bonds is 17. The second-order valence-electron chi connectivity index (χ2n) is 12.5. The van der Waals surface area contributed by atoms with Crippen LogP contribution in [0.4, 0.5) is 22.0 Å². The highest BCUT2D eigenvalue weighted by molar-refractivity contribution is 5.77. The maximum atomic E-state index is 13.6.